The van der Waals surface area contributed by atoms with E-state index in [1.54, 1.807) is 17.3 Å². The highest BCUT2D eigenvalue weighted by molar-refractivity contribution is 5.94. The molecule has 7 nitrogen and oxygen atoms in total. The molecule has 2 aromatic heterocycles. The van der Waals surface area contributed by atoms with Gasteiger partial charge in [0.05, 0.1) is 0 Å². The Balaban J connectivity index is 1.49. The molecule has 4 rings (SSSR count). The minimum atomic E-state index is -0.356. The van der Waals surface area contributed by atoms with E-state index >= 15 is 0 Å². The van der Waals surface area contributed by atoms with E-state index in [2.05, 4.69) is 20.1 Å². The molecular weight excluding hydrogens is 325 g/mol. The number of amides is 1. The first-order valence-corrected chi connectivity index (χ1v) is 8.09. The molecule has 1 N–H and O–H groups in total. The van der Waals surface area contributed by atoms with E-state index in [4.69, 9.17) is 4.52 Å². The third kappa shape index (κ3) is 3.15. The Labute approximate surface area is 142 Å². The van der Waals surface area contributed by atoms with Gasteiger partial charge in [0.25, 0.3) is 11.8 Å². The molecule has 25 heavy (non-hydrogen) atoms. The number of H-pyrrole nitrogens is 1. The molecule has 0 saturated carbocycles. The lowest BCUT2D eigenvalue weighted by molar-refractivity contribution is 0.0703. The molecule has 1 atom stereocenters. The number of hydrogen-bond acceptors (Lipinski definition) is 5. The number of likely N-dealkylation sites (tertiary alicyclic amines) is 1. The van der Waals surface area contributed by atoms with Crippen molar-refractivity contribution in [3.8, 4) is 11.7 Å². The summed E-state index contributed by atoms with van der Waals surface area (Å²) in [5.74, 6) is 0.967. The molecule has 1 saturated heterocycles. The van der Waals surface area contributed by atoms with Crippen LogP contribution < -0.4 is 0 Å². The zero-order valence-corrected chi connectivity index (χ0v) is 13.4. The number of benzene rings is 1. The van der Waals surface area contributed by atoms with Crippen LogP contribution in [0.25, 0.3) is 11.7 Å². The van der Waals surface area contributed by atoms with E-state index in [-0.39, 0.29) is 17.6 Å². The standard InChI is InChI=1S/C17H16FN5O2/c18-13-5-3-11(4-6-13)17(24)23-9-1-2-12(10-23)14-21-16(25-22-14)15-19-7-8-20-15/h3-8,12H,1-2,9-10H2,(H,19,20). The minimum Gasteiger partial charge on any atom is -0.341 e. The van der Waals surface area contributed by atoms with E-state index in [1.165, 1.54) is 24.3 Å². The number of piperidine rings is 1. The fourth-order valence-electron chi connectivity index (χ4n) is 3.03. The molecule has 0 bridgehead atoms. The number of nitrogens with one attached hydrogen (secondary N) is 1. The van der Waals surface area contributed by atoms with Crippen molar-refractivity contribution in [2.45, 2.75) is 18.8 Å². The third-order valence-corrected chi connectivity index (χ3v) is 4.31. The molecule has 128 valence electrons. The van der Waals surface area contributed by atoms with Gasteiger partial charge in [-0.3, -0.25) is 4.79 Å². The molecule has 0 radical (unpaired) electrons. The van der Waals surface area contributed by atoms with Gasteiger partial charge in [-0.15, -0.1) is 0 Å². The summed E-state index contributed by atoms with van der Waals surface area (Å²) in [5.41, 5.74) is 0.478. The van der Waals surface area contributed by atoms with Crippen LogP contribution in [-0.2, 0) is 0 Å². The van der Waals surface area contributed by atoms with Crippen LogP contribution in [0.2, 0.25) is 0 Å². The summed E-state index contributed by atoms with van der Waals surface area (Å²) in [4.78, 5) is 25.8. The van der Waals surface area contributed by atoms with E-state index in [1.807, 2.05) is 0 Å². The number of hydrogen-bond donors (Lipinski definition) is 1. The van der Waals surface area contributed by atoms with Gasteiger partial charge in [0.15, 0.2) is 11.6 Å². The number of aromatic amines is 1. The largest absolute Gasteiger partial charge is 0.341 e. The molecule has 1 aliphatic heterocycles. The Morgan fingerprint density at radius 1 is 1.32 bits per heavy atom. The minimum absolute atomic E-state index is 0.00520. The van der Waals surface area contributed by atoms with Gasteiger partial charge >= 0.3 is 0 Å². The Morgan fingerprint density at radius 3 is 2.92 bits per heavy atom. The van der Waals surface area contributed by atoms with Crippen LogP contribution in [-0.4, -0.2) is 44.0 Å². The van der Waals surface area contributed by atoms with Gasteiger partial charge in [-0.05, 0) is 37.1 Å². The number of nitrogens with zero attached hydrogens (tertiary/aromatic N) is 4. The summed E-state index contributed by atoms with van der Waals surface area (Å²) in [6.07, 6.45) is 5.03. The summed E-state index contributed by atoms with van der Waals surface area (Å²) in [5, 5.41) is 4.04. The first kappa shape index (κ1) is 15.5. The van der Waals surface area contributed by atoms with Gasteiger partial charge in [0.1, 0.15) is 5.82 Å². The van der Waals surface area contributed by atoms with Crippen molar-refractivity contribution in [1.29, 1.82) is 0 Å². The van der Waals surface area contributed by atoms with Crippen molar-refractivity contribution in [2.24, 2.45) is 0 Å². The number of halogens is 1. The quantitative estimate of drug-likeness (QED) is 0.791. The van der Waals surface area contributed by atoms with Crippen molar-refractivity contribution >= 4 is 5.91 Å². The first-order valence-electron chi connectivity index (χ1n) is 8.09. The van der Waals surface area contributed by atoms with E-state index in [0.29, 0.717) is 36.2 Å². The lowest BCUT2D eigenvalue weighted by atomic mass is 9.96. The Morgan fingerprint density at radius 2 is 2.16 bits per heavy atom. The van der Waals surface area contributed by atoms with E-state index in [0.717, 1.165) is 12.8 Å². The maximum atomic E-state index is 13.0. The predicted molar refractivity (Wildman–Crippen MR) is 86.2 cm³/mol. The lowest BCUT2D eigenvalue weighted by Crippen LogP contribution is -2.39. The van der Waals surface area contributed by atoms with Crippen molar-refractivity contribution in [2.75, 3.05) is 13.1 Å². The summed E-state index contributed by atoms with van der Waals surface area (Å²) in [7, 11) is 0. The fourth-order valence-corrected chi connectivity index (χ4v) is 3.03. The van der Waals surface area contributed by atoms with Crippen molar-refractivity contribution < 1.29 is 13.7 Å². The van der Waals surface area contributed by atoms with Crippen molar-refractivity contribution in [3.05, 3.63) is 53.9 Å². The highest BCUT2D eigenvalue weighted by Crippen LogP contribution is 2.27. The molecule has 0 aliphatic carbocycles. The van der Waals surface area contributed by atoms with Gasteiger partial charge in [-0.1, -0.05) is 5.16 Å². The summed E-state index contributed by atoms with van der Waals surface area (Å²) in [6, 6.07) is 5.60. The molecule has 1 aromatic carbocycles. The van der Waals surface area contributed by atoms with E-state index < -0.39 is 0 Å². The Bertz CT molecular complexity index is 860. The third-order valence-electron chi connectivity index (χ3n) is 4.31. The molecular formula is C17H16FN5O2. The smallest absolute Gasteiger partial charge is 0.293 e. The fraction of sp³-hybridized carbons (Fsp3) is 0.294. The molecule has 0 spiro atoms. The molecule has 8 heteroatoms. The van der Waals surface area contributed by atoms with Crippen LogP contribution in [0, 0.1) is 5.82 Å². The van der Waals surface area contributed by atoms with E-state index in [9.17, 15) is 9.18 Å². The van der Waals surface area contributed by atoms with Crippen LogP contribution in [0.5, 0.6) is 0 Å². The molecule has 3 heterocycles. The summed E-state index contributed by atoms with van der Waals surface area (Å²) >= 11 is 0. The average molecular weight is 341 g/mol. The monoisotopic (exact) mass is 341 g/mol. The highest BCUT2D eigenvalue weighted by atomic mass is 19.1. The molecule has 1 amide bonds. The molecule has 1 unspecified atom stereocenters. The second-order valence-corrected chi connectivity index (χ2v) is 5.99. The lowest BCUT2D eigenvalue weighted by Gasteiger charge is -2.31. The van der Waals surface area contributed by atoms with Gasteiger partial charge < -0.3 is 14.4 Å². The molecule has 3 aromatic rings. The Hall–Kier alpha value is -3.03. The van der Waals surface area contributed by atoms with Gasteiger partial charge in [0.2, 0.25) is 0 Å². The average Bonchev–Trinajstić information content (AvgIpc) is 3.33. The van der Waals surface area contributed by atoms with Crippen molar-refractivity contribution in [3.63, 3.8) is 0 Å². The van der Waals surface area contributed by atoms with Crippen LogP contribution in [0.3, 0.4) is 0 Å². The number of aromatic nitrogens is 4. The zero-order valence-electron chi connectivity index (χ0n) is 13.4. The van der Waals surface area contributed by atoms with Crippen molar-refractivity contribution in [1.82, 2.24) is 25.0 Å². The Kier molecular flexibility index (Phi) is 4.01. The topological polar surface area (TPSA) is 87.9 Å². The SMILES string of the molecule is O=C(c1ccc(F)cc1)N1CCCC(c2noc(-c3ncc[nH]3)n2)C1. The number of carbonyl (C=O) groups excluding carboxylic acids is 1. The number of carbonyl (C=O) groups is 1. The maximum Gasteiger partial charge on any atom is 0.293 e. The van der Waals surface area contributed by atoms with Gasteiger partial charge in [-0.25, -0.2) is 9.37 Å². The number of rotatable bonds is 3. The van der Waals surface area contributed by atoms with Crippen LogP contribution >= 0.6 is 0 Å². The molecule has 1 aliphatic rings. The zero-order chi connectivity index (χ0) is 17.2. The second kappa shape index (κ2) is 6.46. The number of imidazole rings is 1. The maximum absolute atomic E-state index is 13.0. The van der Waals surface area contributed by atoms with Gasteiger partial charge in [0, 0.05) is 37.0 Å². The highest BCUT2D eigenvalue weighted by Gasteiger charge is 2.29. The van der Waals surface area contributed by atoms with Gasteiger partial charge in [-0.2, -0.15) is 4.98 Å². The van der Waals surface area contributed by atoms with Crippen LogP contribution in [0.15, 0.2) is 41.2 Å². The van der Waals surface area contributed by atoms with Crippen LogP contribution in [0.1, 0.15) is 34.9 Å². The predicted octanol–water partition coefficient (Wildman–Crippen LogP) is 2.62. The molecule has 1 fully saturated rings. The summed E-state index contributed by atoms with van der Waals surface area (Å²) in [6.45, 7) is 1.17. The van der Waals surface area contributed by atoms with Crippen LogP contribution in [0.4, 0.5) is 4.39 Å². The normalized spacial score (nSPS) is 17.6. The summed E-state index contributed by atoms with van der Waals surface area (Å²) < 4.78 is 18.3. The second-order valence-electron chi connectivity index (χ2n) is 5.99. The first-order chi connectivity index (χ1) is 12.2.